The molecule has 0 amide bonds. The van der Waals surface area contributed by atoms with Crippen LogP contribution < -0.4 is 20.9 Å². The van der Waals surface area contributed by atoms with Gasteiger partial charge in [0.05, 0.1) is 12.7 Å². The van der Waals surface area contributed by atoms with Gasteiger partial charge in [-0.1, -0.05) is 24.1 Å². The van der Waals surface area contributed by atoms with Crippen LogP contribution in [-0.4, -0.2) is 62.8 Å². The number of hydrogen-bond acceptors (Lipinski definition) is 10. The highest BCUT2D eigenvalue weighted by atomic mass is 127. The highest BCUT2D eigenvalue weighted by molar-refractivity contribution is 14.1. The van der Waals surface area contributed by atoms with Gasteiger partial charge >= 0.3 is 18.3 Å². The van der Waals surface area contributed by atoms with E-state index in [1.807, 2.05) is 0 Å². The predicted molar refractivity (Wildman–Crippen MR) is 149 cm³/mol. The summed E-state index contributed by atoms with van der Waals surface area (Å²) in [6, 6.07) is 8.72. The molecular formula is C23H27IN3O9PS. The van der Waals surface area contributed by atoms with Crippen molar-refractivity contribution in [1.82, 2.24) is 14.6 Å². The smallest absolute Gasteiger partial charge is 0.330 e. The molecule has 0 aliphatic carbocycles. The summed E-state index contributed by atoms with van der Waals surface area (Å²) in [4.78, 5) is 38.4. The molecule has 0 saturated carbocycles. The van der Waals surface area contributed by atoms with Crippen molar-refractivity contribution in [2.45, 2.75) is 57.0 Å². The largest absolute Gasteiger partial charge is 0.462 e. The van der Waals surface area contributed by atoms with Crippen molar-refractivity contribution >= 4 is 47.0 Å². The molecule has 3 rings (SSSR count). The van der Waals surface area contributed by atoms with E-state index in [-0.39, 0.29) is 12.7 Å². The number of rotatable bonds is 11. The lowest BCUT2D eigenvalue weighted by molar-refractivity contribution is -0.361. The summed E-state index contributed by atoms with van der Waals surface area (Å²) in [6.07, 6.45) is -3.49. The minimum absolute atomic E-state index is 0.339. The number of nitrogens with one attached hydrogen (secondary N) is 2. The van der Waals surface area contributed by atoms with Gasteiger partial charge in [0.2, 0.25) is 5.72 Å². The molecular weight excluding hydrogens is 652 g/mol. The molecule has 1 aromatic heterocycles. The van der Waals surface area contributed by atoms with Gasteiger partial charge in [0, 0.05) is 34.9 Å². The van der Waals surface area contributed by atoms with Gasteiger partial charge in [-0.25, -0.2) is 9.88 Å². The predicted octanol–water partition coefficient (Wildman–Crippen LogP) is 0.956. The van der Waals surface area contributed by atoms with E-state index in [9.17, 15) is 24.6 Å². The minimum atomic E-state index is -3.44. The van der Waals surface area contributed by atoms with Crippen LogP contribution in [0.25, 0.3) is 0 Å². The number of carbonyl (C=O) groups is 1. The second-order valence-corrected chi connectivity index (χ2v) is 12.2. The summed E-state index contributed by atoms with van der Waals surface area (Å²) in [7, 11) is 0. The standard InChI is InChI=1S/C23H27IN3O9PS/c1-14(2)34-21(31)15(3)26-37(38,36-16-7-5-4-6-8-16)33-13-17-20(30)23(35-17,18(28)9-11-24)27-12-10-19(29)25-22(27)32/h4-8,10,12,14-15,17-18,20,28,30H,13H2,1-3H3,(H,26,38)(H,25,29,32)/t15-,17+,18-,20+,23+,37?/m0/s1. The molecule has 1 saturated heterocycles. The summed E-state index contributed by atoms with van der Waals surface area (Å²) in [5, 5.41) is 24.6. The van der Waals surface area contributed by atoms with Crippen molar-refractivity contribution in [2.75, 3.05) is 6.61 Å². The van der Waals surface area contributed by atoms with E-state index >= 15 is 0 Å². The number of benzene rings is 1. The molecule has 38 heavy (non-hydrogen) atoms. The summed E-state index contributed by atoms with van der Waals surface area (Å²) >= 11 is 7.33. The number of hydrogen-bond donors (Lipinski definition) is 4. The van der Waals surface area contributed by atoms with Gasteiger partial charge < -0.3 is 28.7 Å². The number of ether oxygens (including phenoxy) is 2. The Bertz CT molecular complexity index is 1360. The highest BCUT2D eigenvalue weighted by Crippen LogP contribution is 2.48. The Morgan fingerprint density at radius 1 is 1.32 bits per heavy atom. The number of halogens is 1. The van der Waals surface area contributed by atoms with Crippen LogP contribution in [0.15, 0.2) is 52.2 Å². The Balaban J connectivity index is 1.83. The molecule has 15 heteroatoms. The van der Waals surface area contributed by atoms with Gasteiger partial charge in [-0.3, -0.25) is 19.1 Å². The van der Waals surface area contributed by atoms with Crippen molar-refractivity contribution in [3.8, 4) is 15.6 Å². The first-order valence-electron chi connectivity index (χ1n) is 11.4. The number of H-pyrrole nitrogens is 1. The highest BCUT2D eigenvalue weighted by Gasteiger charge is 2.62. The summed E-state index contributed by atoms with van der Waals surface area (Å²) in [6.45, 7) is 1.19. The molecule has 0 bridgehead atoms. The van der Waals surface area contributed by atoms with Gasteiger partial charge in [-0.05, 0) is 48.6 Å². The van der Waals surface area contributed by atoms with Gasteiger partial charge in [-0.15, -0.1) is 0 Å². The maximum Gasteiger partial charge on any atom is 0.330 e. The third kappa shape index (κ3) is 6.91. The van der Waals surface area contributed by atoms with Crippen LogP contribution in [0.1, 0.15) is 20.8 Å². The SMILES string of the molecule is CC(C)OC(=O)[C@H](C)NP(=S)(OC[C@H]1O[C@@]([C@@H](O)C#CI)(n2ccc(=O)[nH]c2=O)[C@@H]1O)Oc1ccccc1. The van der Waals surface area contributed by atoms with Gasteiger partial charge in [-0.2, -0.15) is 0 Å². The van der Waals surface area contributed by atoms with E-state index in [4.69, 9.17) is 30.3 Å². The lowest BCUT2D eigenvalue weighted by atomic mass is 9.88. The number of aromatic amines is 1. The van der Waals surface area contributed by atoms with Gasteiger partial charge in [0.15, 0.2) is 6.10 Å². The normalized spacial score (nSPS) is 23.8. The first-order valence-corrected chi connectivity index (χ1v) is 15.1. The van der Waals surface area contributed by atoms with E-state index in [0.29, 0.717) is 5.75 Å². The van der Waals surface area contributed by atoms with Crippen LogP contribution in [-0.2, 0) is 36.3 Å². The van der Waals surface area contributed by atoms with Crippen LogP contribution in [0, 0.1) is 9.85 Å². The molecule has 12 nitrogen and oxygen atoms in total. The topological polar surface area (TPSA) is 161 Å². The van der Waals surface area contributed by atoms with Crippen molar-refractivity contribution in [3.05, 3.63) is 63.4 Å². The maximum atomic E-state index is 12.5. The minimum Gasteiger partial charge on any atom is -0.462 e. The molecule has 206 valence electrons. The zero-order chi connectivity index (χ0) is 28.1. The number of esters is 1. The molecule has 0 spiro atoms. The Labute approximate surface area is 237 Å². The van der Waals surface area contributed by atoms with Gasteiger partial charge in [0.1, 0.15) is 24.0 Å². The third-order valence-electron chi connectivity index (χ3n) is 5.33. The van der Waals surface area contributed by atoms with Crippen molar-refractivity contribution in [1.29, 1.82) is 0 Å². The van der Waals surface area contributed by atoms with E-state index in [1.165, 1.54) is 0 Å². The first kappa shape index (κ1) is 30.5. The number of aromatic nitrogens is 2. The monoisotopic (exact) mass is 679 g/mol. The van der Waals surface area contributed by atoms with Gasteiger partial charge in [0.25, 0.3) is 5.56 Å². The lowest BCUT2D eigenvalue weighted by Gasteiger charge is -2.53. The Kier molecular flexibility index (Phi) is 10.3. The van der Waals surface area contributed by atoms with E-state index in [2.05, 4.69) is 19.9 Å². The average Bonchev–Trinajstić information content (AvgIpc) is 2.84. The molecule has 4 N–H and O–H groups in total. The Hall–Kier alpha value is -2.09. The zero-order valence-corrected chi connectivity index (χ0v) is 24.4. The summed E-state index contributed by atoms with van der Waals surface area (Å²) in [5.74, 6) is 2.27. The Morgan fingerprint density at radius 2 is 2.00 bits per heavy atom. The fraction of sp³-hybridized carbons (Fsp3) is 0.435. The average molecular weight is 679 g/mol. The molecule has 6 atom stereocenters. The van der Waals surface area contributed by atoms with Crippen molar-refractivity contribution in [3.63, 3.8) is 0 Å². The second kappa shape index (κ2) is 12.8. The number of para-hydroxylation sites is 1. The molecule has 1 unspecified atom stereocenters. The molecule has 1 aliphatic rings. The van der Waals surface area contributed by atoms with Crippen LogP contribution in [0.4, 0.5) is 0 Å². The molecule has 1 aliphatic heterocycles. The Morgan fingerprint density at radius 3 is 2.58 bits per heavy atom. The third-order valence-corrected chi connectivity index (χ3v) is 8.15. The van der Waals surface area contributed by atoms with Crippen molar-refractivity contribution in [2.24, 2.45) is 0 Å². The van der Waals surface area contributed by atoms with Crippen LogP contribution >= 0.6 is 29.2 Å². The fourth-order valence-corrected chi connectivity index (χ4v) is 6.32. The first-order chi connectivity index (χ1) is 17.9. The number of aliphatic hydroxyl groups excluding tert-OH is 2. The number of nitrogens with zero attached hydrogens (tertiary/aromatic N) is 1. The molecule has 2 aromatic rings. The zero-order valence-electron chi connectivity index (χ0n) is 20.6. The van der Waals surface area contributed by atoms with Crippen LogP contribution in [0.2, 0.25) is 0 Å². The van der Waals surface area contributed by atoms with Crippen LogP contribution in [0.3, 0.4) is 0 Å². The molecule has 2 heterocycles. The number of carbonyl (C=O) groups excluding carboxylic acids is 1. The van der Waals surface area contributed by atoms with E-state index < -0.39 is 53.9 Å². The van der Waals surface area contributed by atoms with Crippen LogP contribution in [0.5, 0.6) is 5.75 Å². The quantitative estimate of drug-likeness (QED) is 0.116. The summed E-state index contributed by atoms with van der Waals surface area (Å²) in [5.41, 5.74) is -3.60. The molecule has 1 fully saturated rings. The fourth-order valence-electron chi connectivity index (χ4n) is 3.61. The molecule has 1 aromatic carbocycles. The maximum absolute atomic E-state index is 12.5. The summed E-state index contributed by atoms with van der Waals surface area (Å²) < 4.78 is 26.2. The van der Waals surface area contributed by atoms with E-state index in [1.54, 1.807) is 73.7 Å². The molecule has 0 radical (unpaired) electrons. The van der Waals surface area contributed by atoms with E-state index in [0.717, 1.165) is 16.8 Å². The van der Waals surface area contributed by atoms with Crippen molar-refractivity contribution < 1.29 is 33.5 Å². The lowest BCUT2D eigenvalue weighted by Crippen LogP contribution is -2.73. The number of aliphatic hydroxyl groups is 2. The second-order valence-electron chi connectivity index (χ2n) is 8.51.